The maximum Gasteiger partial charge on any atom is 0.338 e. The minimum Gasteiger partial charge on any atom is -0.493 e. The van der Waals surface area contributed by atoms with E-state index in [0.29, 0.717) is 37.7 Å². The van der Waals surface area contributed by atoms with Gasteiger partial charge in [0.05, 0.1) is 36.1 Å². The average molecular weight is 476 g/mol. The minimum atomic E-state index is -0.650. The number of thiazole rings is 1. The lowest BCUT2D eigenvalue weighted by Crippen LogP contribution is -2.39. The van der Waals surface area contributed by atoms with E-state index in [9.17, 15) is 9.59 Å². The molecule has 0 amide bonds. The highest BCUT2D eigenvalue weighted by Gasteiger charge is 2.32. The van der Waals surface area contributed by atoms with Crippen molar-refractivity contribution in [1.29, 1.82) is 5.26 Å². The van der Waals surface area contributed by atoms with Crippen LogP contribution in [0.4, 0.5) is 0 Å². The third-order valence-corrected chi connectivity index (χ3v) is 6.30. The first-order chi connectivity index (χ1) is 16.5. The van der Waals surface area contributed by atoms with E-state index >= 15 is 0 Å². The summed E-state index contributed by atoms with van der Waals surface area (Å²) in [6, 6.07) is 15.8. The van der Waals surface area contributed by atoms with E-state index in [1.807, 2.05) is 36.4 Å². The normalized spacial score (nSPS) is 15.2. The highest BCUT2D eigenvalue weighted by atomic mass is 32.1. The van der Waals surface area contributed by atoms with Crippen molar-refractivity contribution in [3.8, 4) is 17.6 Å². The summed E-state index contributed by atoms with van der Waals surface area (Å²) in [6.45, 7) is 1.64. The molecule has 3 aromatic rings. The van der Waals surface area contributed by atoms with Crippen LogP contribution in [0.5, 0.6) is 11.5 Å². The van der Waals surface area contributed by atoms with E-state index in [2.05, 4.69) is 4.99 Å². The monoisotopic (exact) mass is 475 g/mol. The number of methoxy groups -OCH3 is 2. The fourth-order valence-corrected chi connectivity index (χ4v) is 4.84. The fraction of sp³-hybridized carbons (Fsp3) is 0.200. The molecule has 0 bridgehead atoms. The lowest BCUT2D eigenvalue weighted by Gasteiger charge is -2.24. The topological polar surface area (TPSA) is 103 Å². The predicted octanol–water partition coefficient (Wildman–Crippen LogP) is 2.32. The van der Waals surface area contributed by atoms with Crippen LogP contribution in [-0.4, -0.2) is 31.4 Å². The van der Waals surface area contributed by atoms with Gasteiger partial charge in [0.1, 0.15) is 6.07 Å². The number of esters is 1. The van der Waals surface area contributed by atoms with Gasteiger partial charge < -0.3 is 14.2 Å². The number of hydrogen-bond donors (Lipinski definition) is 0. The second kappa shape index (κ2) is 9.77. The number of nitrogens with zero attached hydrogens (tertiary/aromatic N) is 3. The Hall–Kier alpha value is -4.16. The van der Waals surface area contributed by atoms with Crippen molar-refractivity contribution in [2.45, 2.75) is 13.0 Å². The van der Waals surface area contributed by atoms with Crippen molar-refractivity contribution >= 4 is 23.4 Å². The van der Waals surface area contributed by atoms with Crippen LogP contribution in [0.1, 0.15) is 24.1 Å². The molecule has 34 heavy (non-hydrogen) atoms. The number of nitriles is 1. The van der Waals surface area contributed by atoms with E-state index in [1.165, 1.54) is 30.1 Å². The van der Waals surface area contributed by atoms with Gasteiger partial charge >= 0.3 is 5.97 Å². The van der Waals surface area contributed by atoms with Crippen LogP contribution < -0.4 is 24.4 Å². The number of ether oxygens (including phenoxy) is 3. The standard InChI is InChI=1S/C25H21N3O5S/c1-15-21(24(30)32-3)22(17-7-5-4-6-8-17)28-23(29)20(34-25(28)27-15)14-16-9-10-18(33-12-11-26)19(13-16)31-2/h4-10,13-14,22H,12H2,1-3H3. The molecule has 0 radical (unpaired) electrons. The van der Waals surface area contributed by atoms with Crippen molar-refractivity contribution in [2.24, 2.45) is 4.99 Å². The Labute approximate surface area is 199 Å². The Morgan fingerprint density at radius 1 is 1.21 bits per heavy atom. The van der Waals surface area contributed by atoms with Gasteiger partial charge in [0.2, 0.25) is 0 Å². The molecule has 172 valence electrons. The van der Waals surface area contributed by atoms with Crippen LogP contribution in [0, 0.1) is 11.3 Å². The van der Waals surface area contributed by atoms with Gasteiger partial charge in [-0.05, 0) is 36.3 Å². The summed E-state index contributed by atoms with van der Waals surface area (Å²) in [5.74, 6) is 0.356. The zero-order valence-corrected chi connectivity index (χ0v) is 19.6. The molecule has 0 aliphatic carbocycles. The van der Waals surface area contributed by atoms with Crippen LogP contribution in [0.3, 0.4) is 0 Å². The summed E-state index contributed by atoms with van der Waals surface area (Å²) in [7, 11) is 2.82. The molecule has 0 saturated carbocycles. The van der Waals surface area contributed by atoms with Gasteiger partial charge in [-0.15, -0.1) is 0 Å². The van der Waals surface area contributed by atoms with Crippen LogP contribution in [-0.2, 0) is 9.53 Å². The molecule has 0 fully saturated rings. The molecular weight excluding hydrogens is 454 g/mol. The van der Waals surface area contributed by atoms with Crippen LogP contribution in [0.2, 0.25) is 0 Å². The van der Waals surface area contributed by atoms with Gasteiger partial charge in [0.15, 0.2) is 22.9 Å². The minimum absolute atomic E-state index is 0.102. The van der Waals surface area contributed by atoms with E-state index in [-0.39, 0.29) is 12.2 Å². The van der Waals surface area contributed by atoms with E-state index < -0.39 is 12.0 Å². The molecule has 4 rings (SSSR count). The lowest BCUT2D eigenvalue weighted by atomic mass is 9.96. The van der Waals surface area contributed by atoms with Gasteiger partial charge in [-0.25, -0.2) is 9.79 Å². The van der Waals surface area contributed by atoms with E-state index in [0.717, 1.165) is 5.56 Å². The lowest BCUT2D eigenvalue weighted by molar-refractivity contribution is -0.136. The van der Waals surface area contributed by atoms with Gasteiger partial charge in [0.25, 0.3) is 5.56 Å². The molecular formula is C25H21N3O5S. The summed E-state index contributed by atoms with van der Waals surface area (Å²) in [5, 5.41) is 8.74. The molecule has 1 aromatic heterocycles. The van der Waals surface area contributed by atoms with Crippen LogP contribution in [0.15, 0.2) is 69.6 Å². The van der Waals surface area contributed by atoms with Crippen molar-refractivity contribution in [3.05, 3.63) is 90.6 Å². The van der Waals surface area contributed by atoms with Crippen molar-refractivity contribution < 1.29 is 19.0 Å². The molecule has 9 heteroatoms. The average Bonchev–Trinajstić information content (AvgIpc) is 3.16. The summed E-state index contributed by atoms with van der Waals surface area (Å²) in [5.41, 5.74) is 2.06. The zero-order chi connectivity index (χ0) is 24.2. The zero-order valence-electron chi connectivity index (χ0n) is 18.8. The van der Waals surface area contributed by atoms with Crippen molar-refractivity contribution in [2.75, 3.05) is 20.8 Å². The van der Waals surface area contributed by atoms with Gasteiger partial charge in [-0.2, -0.15) is 5.26 Å². The first-order valence-corrected chi connectivity index (χ1v) is 11.1. The molecule has 0 N–H and O–H groups in total. The number of rotatable bonds is 6. The quantitative estimate of drug-likeness (QED) is 0.507. The number of fused-ring (bicyclic) bond motifs is 1. The number of carbonyl (C=O) groups excluding carboxylic acids is 1. The summed E-state index contributed by atoms with van der Waals surface area (Å²) >= 11 is 1.24. The first kappa shape index (κ1) is 23.0. The Balaban J connectivity index is 1.87. The summed E-state index contributed by atoms with van der Waals surface area (Å²) < 4.78 is 17.7. The highest BCUT2D eigenvalue weighted by Crippen LogP contribution is 2.31. The van der Waals surface area contributed by atoms with Crippen molar-refractivity contribution in [1.82, 2.24) is 4.57 Å². The summed E-state index contributed by atoms with van der Waals surface area (Å²) in [6.07, 6.45) is 1.74. The molecule has 1 aliphatic heterocycles. The largest absolute Gasteiger partial charge is 0.493 e. The Morgan fingerprint density at radius 2 is 1.97 bits per heavy atom. The molecule has 1 aliphatic rings. The second-order valence-corrected chi connectivity index (χ2v) is 8.35. The van der Waals surface area contributed by atoms with Gasteiger partial charge in [-0.3, -0.25) is 9.36 Å². The number of carbonyl (C=O) groups is 1. The summed E-state index contributed by atoms with van der Waals surface area (Å²) in [4.78, 5) is 31.2. The second-order valence-electron chi connectivity index (χ2n) is 7.34. The SMILES string of the molecule is COC(=O)C1=C(C)N=c2sc(=Cc3ccc(OCC#N)c(OC)c3)c(=O)n2C1c1ccccc1. The Bertz CT molecular complexity index is 1500. The third-order valence-electron chi connectivity index (χ3n) is 5.32. The Kier molecular flexibility index (Phi) is 6.61. The number of benzene rings is 2. The first-order valence-electron chi connectivity index (χ1n) is 10.3. The number of allylic oxidation sites excluding steroid dienone is 1. The molecule has 1 atom stereocenters. The maximum absolute atomic E-state index is 13.5. The third kappa shape index (κ3) is 4.23. The van der Waals surface area contributed by atoms with E-state index in [1.54, 1.807) is 31.2 Å². The molecule has 1 unspecified atom stereocenters. The molecule has 8 nitrogen and oxygen atoms in total. The predicted molar refractivity (Wildman–Crippen MR) is 126 cm³/mol. The van der Waals surface area contributed by atoms with Gasteiger partial charge in [-0.1, -0.05) is 47.7 Å². The van der Waals surface area contributed by atoms with Crippen LogP contribution in [0.25, 0.3) is 6.08 Å². The molecule has 2 heterocycles. The van der Waals surface area contributed by atoms with Crippen molar-refractivity contribution in [3.63, 3.8) is 0 Å². The number of hydrogen-bond acceptors (Lipinski definition) is 8. The molecule has 2 aromatic carbocycles. The molecule has 0 spiro atoms. The molecule has 0 saturated heterocycles. The highest BCUT2D eigenvalue weighted by molar-refractivity contribution is 7.07. The number of aromatic nitrogens is 1. The Morgan fingerprint density at radius 3 is 2.65 bits per heavy atom. The van der Waals surface area contributed by atoms with E-state index in [4.69, 9.17) is 19.5 Å². The fourth-order valence-electron chi connectivity index (χ4n) is 3.80. The van der Waals surface area contributed by atoms with Crippen LogP contribution >= 0.6 is 11.3 Å². The van der Waals surface area contributed by atoms with Gasteiger partial charge in [0, 0.05) is 0 Å². The maximum atomic E-state index is 13.5. The smallest absolute Gasteiger partial charge is 0.338 e.